The van der Waals surface area contributed by atoms with Crippen molar-refractivity contribution in [1.29, 1.82) is 0 Å². The fourth-order valence-electron chi connectivity index (χ4n) is 2.31. The summed E-state index contributed by atoms with van der Waals surface area (Å²) in [5.74, 6) is 5.38. The predicted molar refractivity (Wildman–Crippen MR) is 81.1 cm³/mol. The quantitative estimate of drug-likeness (QED) is 0.664. The molecule has 3 N–H and O–H groups in total. The van der Waals surface area contributed by atoms with Crippen LogP contribution >= 0.6 is 11.6 Å². The Bertz CT molecular complexity index is 613. The topological polar surface area (TPSA) is 38.0 Å². The van der Waals surface area contributed by atoms with E-state index in [-0.39, 0.29) is 11.9 Å². The van der Waals surface area contributed by atoms with Gasteiger partial charge in [-0.2, -0.15) is 0 Å². The zero-order chi connectivity index (χ0) is 14.7. The molecule has 1 atom stereocenters. The summed E-state index contributed by atoms with van der Waals surface area (Å²) in [7, 11) is 0. The van der Waals surface area contributed by atoms with Gasteiger partial charge in [0.15, 0.2) is 0 Å². The van der Waals surface area contributed by atoms with Crippen LogP contribution in [0.5, 0.6) is 0 Å². The molecule has 0 saturated heterocycles. The molecule has 2 aromatic carbocycles. The Hall–Kier alpha value is -1.42. The highest BCUT2D eigenvalue weighted by Gasteiger charge is 2.15. The fourth-order valence-corrected chi connectivity index (χ4v) is 2.51. The zero-order valence-electron chi connectivity index (χ0n) is 11.6. The van der Waals surface area contributed by atoms with Gasteiger partial charge in [-0.3, -0.25) is 11.3 Å². The number of hydrogen-bond donors (Lipinski definition) is 2. The molecule has 0 heterocycles. The Labute approximate surface area is 123 Å². The summed E-state index contributed by atoms with van der Waals surface area (Å²) in [6, 6.07) is 10.5. The van der Waals surface area contributed by atoms with Gasteiger partial charge in [-0.15, -0.1) is 0 Å². The first-order valence-electron chi connectivity index (χ1n) is 6.48. The van der Waals surface area contributed by atoms with Crippen molar-refractivity contribution in [1.82, 2.24) is 5.43 Å². The normalized spacial score (nSPS) is 12.4. The van der Waals surface area contributed by atoms with Gasteiger partial charge in [0, 0.05) is 5.02 Å². The molecule has 2 aromatic rings. The Kier molecular flexibility index (Phi) is 4.76. The Balaban J connectivity index is 2.33. The average Bonchev–Trinajstić information content (AvgIpc) is 2.42. The third-order valence-electron chi connectivity index (χ3n) is 3.44. The molecule has 0 aliphatic heterocycles. The second-order valence-electron chi connectivity index (χ2n) is 5.02. The molecule has 4 heteroatoms. The lowest BCUT2D eigenvalue weighted by Crippen LogP contribution is -2.30. The van der Waals surface area contributed by atoms with E-state index in [1.807, 2.05) is 13.8 Å². The predicted octanol–water partition coefficient (Wildman–Crippen LogP) is 3.84. The molecule has 0 radical (unpaired) electrons. The average molecular weight is 293 g/mol. The van der Waals surface area contributed by atoms with Gasteiger partial charge in [0.2, 0.25) is 0 Å². The molecule has 20 heavy (non-hydrogen) atoms. The summed E-state index contributed by atoms with van der Waals surface area (Å²) < 4.78 is 13.3. The molecule has 0 aliphatic carbocycles. The SMILES string of the molecule is Cc1ccc(C)c(C(Cc2cc(F)ccc2Cl)NN)c1. The van der Waals surface area contributed by atoms with Crippen molar-refractivity contribution in [2.24, 2.45) is 5.84 Å². The molecule has 0 saturated carbocycles. The molecule has 2 nitrogen and oxygen atoms in total. The van der Waals surface area contributed by atoms with Crippen LogP contribution in [0.2, 0.25) is 5.02 Å². The summed E-state index contributed by atoms with van der Waals surface area (Å²) >= 11 is 6.12. The lowest BCUT2D eigenvalue weighted by atomic mass is 9.94. The molecule has 1 unspecified atom stereocenters. The van der Waals surface area contributed by atoms with E-state index < -0.39 is 0 Å². The fraction of sp³-hybridized carbons (Fsp3) is 0.250. The summed E-state index contributed by atoms with van der Waals surface area (Å²) in [5.41, 5.74) is 6.96. The van der Waals surface area contributed by atoms with Crippen LogP contribution in [-0.4, -0.2) is 0 Å². The number of aryl methyl sites for hydroxylation is 2. The second-order valence-corrected chi connectivity index (χ2v) is 5.43. The van der Waals surface area contributed by atoms with Crippen molar-refractivity contribution in [3.8, 4) is 0 Å². The highest BCUT2D eigenvalue weighted by Crippen LogP contribution is 2.26. The van der Waals surface area contributed by atoms with Gasteiger partial charge < -0.3 is 0 Å². The smallest absolute Gasteiger partial charge is 0.123 e. The van der Waals surface area contributed by atoms with Crippen LogP contribution in [0.3, 0.4) is 0 Å². The van der Waals surface area contributed by atoms with E-state index in [0.717, 1.165) is 22.3 Å². The second kappa shape index (κ2) is 6.35. The van der Waals surface area contributed by atoms with E-state index in [9.17, 15) is 4.39 Å². The molecule has 0 spiro atoms. The Morgan fingerprint density at radius 3 is 2.65 bits per heavy atom. The maximum atomic E-state index is 13.3. The van der Waals surface area contributed by atoms with Crippen LogP contribution in [-0.2, 0) is 6.42 Å². The number of benzene rings is 2. The van der Waals surface area contributed by atoms with Crippen molar-refractivity contribution in [3.05, 3.63) is 69.5 Å². The van der Waals surface area contributed by atoms with E-state index in [4.69, 9.17) is 17.4 Å². The van der Waals surface area contributed by atoms with Gasteiger partial charge >= 0.3 is 0 Å². The van der Waals surface area contributed by atoms with Crippen LogP contribution < -0.4 is 11.3 Å². The van der Waals surface area contributed by atoms with Crippen LogP contribution in [0.25, 0.3) is 0 Å². The monoisotopic (exact) mass is 292 g/mol. The van der Waals surface area contributed by atoms with Gasteiger partial charge in [0.05, 0.1) is 6.04 Å². The van der Waals surface area contributed by atoms with Crippen molar-refractivity contribution in [2.75, 3.05) is 0 Å². The number of nitrogens with one attached hydrogen (secondary N) is 1. The minimum Gasteiger partial charge on any atom is -0.271 e. The maximum absolute atomic E-state index is 13.3. The molecule has 0 bridgehead atoms. The third kappa shape index (κ3) is 3.37. The van der Waals surface area contributed by atoms with Crippen LogP contribution in [0.15, 0.2) is 36.4 Å². The summed E-state index contributed by atoms with van der Waals surface area (Å²) in [4.78, 5) is 0. The van der Waals surface area contributed by atoms with Crippen LogP contribution in [0.1, 0.15) is 28.3 Å². The van der Waals surface area contributed by atoms with Crippen molar-refractivity contribution < 1.29 is 4.39 Å². The number of hydrogen-bond acceptors (Lipinski definition) is 2. The summed E-state index contributed by atoms with van der Waals surface area (Å²) in [6.45, 7) is 4.07. The summed E-state index contributed by atoms with van der Waals surface area (Å²) in [6.07, 6.45) is 0.539. The van der Waals surface area contributed by atoms with Crippen molar-refractivity contribution in [2.45, 2.75) is 26.3 Å². The molecule has 0 fully saturated rings. The largest absolute Gasteiger partial charge is 0.271 e. The lowest BCUT2D eigenvalue weighted by Gasteiger charge is -2.20. The van der Waals surface area contributed by atoms with Gasteiger partial charge in [0.25, 0.3) is 0 Å². The van der Waals surface area contributed by atoms with E-state index in [1.165, 1.54) is 12.1 Å². The van der Waals surface area contributed by atoms with Crippen LogP contribution in [0.4, 0.5) is 4.39 Å². The highest BCUT2D eigenvalue weighted by atomic mass is 35.5. The van der Waals surface area contributed by atoms with Gasteiger partial charge in [-0.25, -0.2) is 4.39 Å². The van der Waals surface area contributed by atoms with E-state index in [1.54, 1.807) is 6.07 Å². The molecular formula is C16H18ClFN2. The number of rotatable bonds is 4. The minimum atomic E-state index is -0.291. The minimum absolute atomic E-state index is 0.103. The first-order valence-corrected chi connectivity index (χ1v) is 6.86. The van der Waals surface area contributed by atoms with Gasteiger partial charge in [-0.05, 0) is 55.2 Å². The number of nitrogens with two attached hydrogens (primary N) is 1. The van der Waals surface area contributed by atoms with Crippen molar-refractivity contribution >= 4 is 11.6 Å². The first kappa shape index (κ1) is 15.0. The summed E-state index contributed by atoms with van der Waals surface area (Å²) in [5, 5.41) is 0.553. The standard InChI is InChI=1S/C16H18ClFN2/c1-10-3-4-11(2)14(7-10)16(20-19)9-12-8-13(18)5-6-15(12)17/h3-8,16,20H,9,19H2,1-2H3. The van der Waals surface area contributed by atoms with E-state index in [0.29, 0.717) is 11.4 Å². The zero-order valence-corrected chi connectivity index (χ0v) is 12.3. The van der Waals surface area contributed by atoms with Gasteiger partial charge in [-0.1, -0.05) is 35.4 Å². The van der Waals surface area contributed by atoms with E-state index >= 15 is 0 Å². The molecule has 0 amide bonds. The molecule has 106 valence electrons. The third-order valence-corrected chi connectivity index (χ3v) is 3.81. The molecule has 0 aromatic heterocycles. The van der Waals surface area contributed by atoms with Crippen LogP contribution in [0, 0.1) is 19.7 Å². The Morgan fingerprint density at radius 2 is 1.95 bits per heavy atom. The van der Waals surface area contributed by atoms with Crippen molar-refractivity contribution in [3.63, 3.8) is 0 Å². The molecule has 2 rings (SSSR count). The maximum Gasteiger partial charge on any atom is 0.123 e. The number of halogens is 2. The highest BCUT2D eigenvalue weighted by molar-refractivity contribution is 6.31. The Morgan fingerprint density at radius 1 is 1.20 bits per heavy atom. The van der Waals surface area contributed by atoms with Gasteiger partial charge in [0.1, 0.15) is 5.82 Å². The molecular weight excluding hydrogens is 275 g/mol. The number of hydrazine groups is 1. The van der Waals surface area contributed by atoms with E-state index in [2.05, 4.69) is 23.6 Å². The first-order chi connectivity index (χ1) is 9.51. The lowest BCUT2D eigenvalue weighted by molar-refractivity contribution is 0.546. The molecule has 0 aliphatic rings.